The van der Waals surface area contributed by atoms with E-state index in [9.17, 15) is 4.39 Å². The Bertz CT molecular complexity index is 412. The van der Waals surface area contributed by atoms with Crippen molar-refractivity contribution in [3.8, 4) is 0 Å². The van der Waals surface area contributed by atoms with Crippen LogP contribution in [0, 0.1) is 5.82 Å². The summed E-state index contributed by atoms with van der Waals surface area (Å²) in [4.78, 5) is 0. The fraction of sp³-hybridized carbons (Fsp3) is 0.385. The van der Waals surface area contributed by atoms with Gasteiger partial charge in [-0.3, -0.25) is 0 Å². The lowest BCUT2D eigenvalue weighted by Gasteiger charge is -2.22. The molecule has 0 radical (unpaired) electrons. The Hall–Kier alpha value is -0.900. The highest BCUT2D eigenvalue weighted by molar-refractivity contribution is 6.30. The molecule has 0 bridgehead atoms. The Labute approximate surface area is 106 Å². The van der Waals surface area contributed by atoms with Gasteiger partial charge in [0.2, 0.25) is 0 Å². The van der Waals surface area contributed by atoms with Crippen molar-refractivity contribution in [2.24, 2.45) is 5.73 Å². The van der Waals surface area contributed by atoms with E-state index in [2.05, 4.69) is 17.5 Å². The predicted molar refractivity (Wildman–Crippen MR) is 68.5 cm³/mol. The van der Waals surface area contributed by atoms with Gasteiger partial charge in [-0.2, -0.15) is 0 Å². The number of nitrogens with two attached hydrogens (primary N) is 1. The van der Waals surface area contributed by atoms with Gasteiger partial charge in [-0.15, -0.1) is 0 Å². The molecule has 0 heterocycles. The van der Waals surface area contributed by atoms with E-state index in [1.54, 1.807) is 12.1 Å². The first kappa shape index (κ1) is 12.6. The van der Waals surface area contributed by atoms with Crippen molar-refractivity contribution in [2.45, 2.75) is 24.9 Å². The summed E-state index contributed by atoms with van der Waals surface area (Å²) < 4.78 is 13.8. The van der Waals surface area contributed by atoms with E-state index in [0.29, 0.717) is 23.2 Å². The summed E-state index contributed by atoms with van der Waals surface area (Å²) in [5.74, 6) is -0.300. The summed E-state index contributed by atoms with van der Waals surface area (Å²) in [7, 11) is 0. The van der Waals surface area contributed by atoms with Crippen LogP contribution in [-0.2, 0) is 0 Å². The van der Waals surface area contributed by atoms with Crippen LogP contribution >= 0.6 is 11.6 Å². The molecule has 0 aliphatic heterocycles. The van der Waals surface area contributed by atoms with Gasteiger partial charge in [0.25, 0.3) is 0 Å². The van der Waals surface area contributed by atoms with Gasteiger partial charge in [0.1, 0.15) is 5.82 Å². The summed E-state index contributed by atoms with van der Waals surface area (Å²) in [6.07, 6.45) is 6.21. The lowest BCUT2D eigenvalue weighted by molar-refractivity contribution is 0.439. The van der Waals surface area contributed by atoms with Crippen molar-refractivity contribution < 1.29 is 4.39 Å². The van der Waals surface area contributed by atoms with E-state index in [-0.39, 0.29) is 11.9 Å². The normalized spacial score (nSPS) is 17.6. The second kappa shape index (κ2) is 5.63. The van der Waals surface area contributed by atoms with Gasteiger partial charge in [0, 0.05) is 29.2 Å². The van der Waals surface area contributed by atoms with E-state index < -0.39 is 0 Å². The molecule has 3 N–H and O–H groups in total. The monoisotopic (exact) mass is 254 g/mol. The molecule has 2 rings (SSSR count). The quantitative estimate of drug-likeness (QED) is 0.811. The lowest BCUT2D eigenvalue weighted by atomic mass is 10.0. The van der Waals surface area contributed by atoms with E-state index >= 15 is 0 Å². The molecule has 0 aromatic heterocycles. The summed E-state index contributed by atoms with van der Waals surface area (Å²) in [5, 5.41) is 3.78. The molecule has 1 aromatic carbocycles. The SMILES string of the molecule is NCC(NC1CC=CC1)c1ccc(Cl)cc1F. The molecule has 1 atom stereocenters. The van der Waals surface area contributed by atoms with E-state index in [0.717, 1.165) is 12.8 Å². The zero-order valence-electron chi connectivity index (χ0n) is 9.50. The minimum absolute atomic E-state index is 0.155. The molecule has 0 spiro atoms. The second-order valence-corrected chi connectivity index (χ2v) is 4.70. The average molecular weight is 255 g/mol. The fourth-order valence-electron chi connectivity index (χ4n) is 2.11. The van der Waals surface area contributed by atoms with Crippen LogP contribution in [0.5, 0.6) is 0 Å². The highest BCUT2D eigenvalue weighted by atomic mass is 35.5. The first-order chi connectivity index (χ1) is 8.20. The third-order valence-corrected chi connectivity index (χ3v) is 3.25. The molecule has 1 unspecified atom stereocenters. The molecule has 1 aromatic rings. The van der Waals surface area contributed by atoms with Crippen molar-refractivity contribution in [1.82, 2.24) is 5.32 Å². The fourth-order valence-corrected chi connectivity index (χ4v) is 2.27. The van der Waals surface area contributed by atoms with Crippen LogP contribution in [-0.4, -0.2) is 12.6 Å². The Kier molecular flexibility index (Phi) is 4.15. The van der Waals surface area contributed by atoms with Crippen molar-refractivity contribution in [3.05, 3.63) is 46.8 Å². The number of rotatable bonds is 4. The predicted octanol–water partition coefficient (Wildman–Crippen LogP) is 2.79. The van der Waals surface area contributed by atoms with Crippen LogP contribution in [0.25, 0.3) is 0 Å². The van der Waals surface area contributed by atoms with Crippen molar-refractivity contribution in [3.63, 3.8) is 0 Å². The van der Waals surface area contributed by atoms with Crippen molar-refractivity contribution >= 4 is 11.6 Å². The van der Waals surface area contributed by atoms with Gasteiger partial charge in [0.05, 0.1) is 0 Å². The van der Waals surface area contributed by atoms with Gasteiger partial charge < -0.3 is 11.1 Å². The number of hydrogen-bond donors (Lipinski definition) is 2. The Balaban J connectivity index is 2.11. The van der Waals surface area contributed by atoms with Crippen molar-refractivity contribution in [2.75, 3.05) is 6.54 Å². The number of hydrogen-bond acceptors (Lipinski definition) is 2. The summed E-state index contributed by atoms with van der Waals surface area (Å²) >= 11 is 5.73. The summed E-state index contributed by atoms with van der Waals surface area (Å²) in [6, 6.07) is 4.92. The topological polar surface area (TPSA) is 38.0 Å². The molecule has 4 heteroatoms. The van der Waals surface area contributed by atoms with Gasteiger partial charge in [0.15, 0.2) is 0 Å². The van der Waals surface area contributed by atoms with Crippen LogP contribution in [0.15, 0.2) is 30.4 Å². The molecule has 1 aliphatic rings. The smallest absolute Gasteiger partial charge is 0.129 e. The molecule has 0 saturated carbocycles. The van der Waals surface area contributed by atoms with Crippen LogP contribution in [0.1, 0.15) is 24.4 Å². The molecule has 17 heavy (non-hydrogen) atoms. The van der Waals surface area contributed by atoms with E-state index in [4.69, 9.17) is 17.3 Å². The van der Waals surface area contributed by atoms with E-state index in [1.165, 1.54) is 6.07 Å². The molecule has 0 amide bonds. The Morgan fingerprint density at radius 2 is 2.12 bits per heavy atom. The van der Waals surface area contributed by atoms with Crippen LogP contribution in [0.3, 0.4) is 0 Å². The molecule has 1 aliphatic carbocycles. The van der Waals surface area contributed by atoms with Crippen molar-refractivity contribution in [1.29, 1.82) is 0 Å². The number of benzene rings is 1. The molecule has 2 nitrogen and oxygen atoms in total. The molecular weight excluding hydrogens is 239 g/mol. The average Bonchev–Trinajstić information content (AvgIpc) is 2.79. The molecule has 0 fully saturated rings. The second-order valence-electron chi connectivity index (χ2n) is 4.26. The van der Waals surface area contributed by atoms with Gasteiger partial charge >= 0.3 is 0 Å². The summed E-state index contributed by atoms with van der Waals surface area (Å²) in [6.45, 7) is 0.370. The number of halogens is 2. The summed E-state index contributed by atoms with van der Waals surface area (Å²) in [5.41, 5.74) is 6.29. The van der Waals surface area contributed by atoms with E-state index in [1.807, 2.05) is 0 Å². The minimum atomic E-state index is -0.300. The maximum Gasteiger partial charge on any atom is 0.129 e. The molecular formula is C13H16ClFN2. The van der Waals surface area contributed by atoms with Crippen LogP contribution in [0.4, 0.5) is 4.39 Å². The Morgan fingerprint density at radius 1 is 1.41 bits per heavy atom. The van der Waals surface area contributed by atoms with Gasteiger partial charge in [-0.25, -0.2) is 4.39 Å². The first-order valence-electron chi connectivity index (χ1n) is 5.76. The highest BCUT2D eigenvalue weighted by Gasteiger charge is 2.19. The third kappa shape index (κ3) is 3.06. The minimum Gasteiger partial charge on any atom is -0.329 e. The zero-order valence-corrected chi connectivity index (χ0v) is 10.3. The molecule has 0 saturated heterocycles. The number of nitrogens with one attached hydrogen (secondary N) is 1. The van der Waals surface area contributed by atoms with Crippen LogP contribution in [0.2, 0.25) is 5.02 Å². The largest absolute Gasteiger partial charge is 0.329 e. The first-order valence-corrected chi connectivity index (χ1v) is 6.14. The Morgan fingerprint density at radius 3 is 2.71 bits per heavy atom. The maximum atomic E-state index is 13.8. The standard InChI is InChI=1S/C13H16ClFN2/c14-9-5-6-11(12(15)7-9)13(8-16)17-10-3-1-2-4-10/h1-2,5-7,10,13,17H,3-4,8,16H2. The third-order valence-electron chi connectivity index (χ3n) is 3.02. The lowest BCUT2D eigenvalue weighted by Crippen LogP contribution is -2.35. The highest BCUT2D eigenvalue weighted by Crippen LogP contribution is 2.22. The van der Waals surface area contributed by atoms with Gasteiger partial charge in [-0.1, -0.05) is 29.8 Å². The zero-order chi connectivity index (χ0) is 12.3. The van der Waals surface area contributed by atoms with Crippen LogP contribution < -0.4 is 11.1 Å². The van der Waals surface area contributed by atoms with Gasteiger partial charge in [-0.05, 0) is 25.0 Å². The maximum absolute atomic E-state index is 13.8. The molecule has 92 valence electrons.